The number of hydrogen-bond donors (Lipinski definition) is 4. The van der Waals surface area contributed by atoms with Gasteiger partial charge >= 0.3 is 0 Å². The zero-order valence-corrected chi connectivity index (χ0v) is 22.1. The highest BCUT2D eigenvalue weighted by atomic mass is 32.1. The number of nitrogens with one attached hydrogen (secondary N) is 4. The highest BCUT2D eigenvalue weighted by Crippen LogP contribution is 2.25. The van der Waals surface area contributed by atoms with Crippen molar-refractivity contribution in [2.45, 2.75) is 64.7 Å². The van der Waals surface area contributed by atoms with E-state index < -0.39 is 11.8 Å². The number of para-hydroxylation sites is 1. The lowest BCUT2D eigenvalue weighted by atomic mass is 9.88. The van der Waals surface area contributed by atoms with Crippen molar-refractivity contribution in [1.82, 2.24) is 16.2 Å². The molecule has 4 N–H and O–H groups in total. The van der Waals surface area contributed by atoms with E-state index >= 15 is 0 Å². The van der Waals surface area contributed by atoms with Crippen LogP contribution in [0.4, 0.5) is 5.69 Å². The Kier molecular flexibility index (Phi) is 11.4. The number of anilines is 1. The maximum absolute atomic E-state index is 12.7. The Morgan fingerprint density at radius 3 is 2.35 bits per heavy atom. The monoisotopic (exact) mass is 524 g/mol. The maximum atomic E-state index is 12.7. The van der Waals surface area contributed by atoms with E-state index in [0.717, 1.165) is 51.4 Å². The van der Waals surface area contributed by atoms with Crippen molar-refractivity contribution < 1.29 is 19.1 Å². The Labute approximate surface area is 223 Å². The maximum Gasteiger partial charge on any atom is 0.269 e. The molecule has 0 heterocycles. The number of rotatable bonds is 10. The van der Waals surface area contributed by atoms with Gasteiger partial charge in [-0.15, -0.1) is 0 Å². The quantitative estimate of drug-likeness (QED) is 0.195. The van der Waals surface area contributed by atoms with Crippen LogP contribution in [0, 0.1) is 5.92 Å². The van der Waals surface area contributed by atoms with E-state index in [9.17, 15) is 14.4 Å². The van der Waals surface area contributed by atoms with Gasteiger partial charge < -0.3 is 10.1 Å². The van der Waals surface area contributed by atoms with Gasteiger partial charge in [-0.05, 0) is 67.9 Å². The van der Waals surface area contributed by atoms with E-state index in [-0.39, 0.29) is 16.9 Å². The number of carbonyl (C=O) groups excluding carboxylic acids is 3. The molecule has 1 aliphatic carbocycles. The highest BCUT2D eigenvalue weighted by Gasteiger charge is 2.21. The first-order valence-corrected chi connectivity index (χ1v) is 13.4. The Morgan fingerprint density at radius 1 is 0.892 bits per heavy atom. The molecule has 1 saturated carbocycles. The van der Waals surface area contributed by atoms with Crippen LogP contribution in [0.1, 0.15) is 85.4 Å². The van der Waals surface area contributed by atoms with E-state index in [2.05, 4.69) is 28.4 Å². The van der Waals surface area contributed by atoms with Crippen molar-refractivity contribution in [1.29, 1.82) is 0 Å². The normalized spacial score (nSPS) is 13.3. The van der Waals surface area contributed by atoms with Crippen LogP contribution < -0.4 is 26.2 Å². The van der Waals surface area contributed by atoms with Gasteiger partial charge in [0.25, 0.3) is 11.8 Å². The lowest BCUT2D eigenvalue weighted by molar-refractivity contribution is -0.120. The molecule has 0 unspecified atom stereocenters. The Hall–Kier alpha value is -3.46. The minimum atomic E-state index is -0.436. The number of unbranched alkanes of at least 4 members (excludes halogenated alkanes) is 3. The molecule has 8 nitrogen and oxygen atoms in total. The molecule has 0 atom stereocenters. The van der Waals surface area contributed by atoms with Crippen LogP contribution in [0.5, 0.6) is 5.75 Å². The van der Waals surface area contributed by atoms with Gasteiger partial charge in [-0.25, -0.2) is 0 Å². The van der Waals surface area contributed by atoms with E-state index in [0.29, 0.717) is 29.2 Å². The lowest BCUT2D eigenvalue weighted by Crippen LogP contribution is -2.48. The van der Waals surface area contributed by atoms with Crippen molar-refractivity contribution >= 4 is 40.7 Å². The molecule has 0 bridgehead atoms. The minimum Gasteiger partial charge on any atom is -0.493 e. The van der Waals surface area contributed by atoms with Gasteiger partial charge in [0, 0.05) is 17.2 Å². The number of benzene rings is 2. The smallest absolute Gasteiger partial charge is 0.269 e. The van der Waals surface area contributed by atoms with Gasteiger partial charge in [0.1, 0.15) is 5.75 Å². The van der Waals surface area contributed by atoms with Crippen LogP contribution in [0.25, 0.3) is 0 Å². The summed E-state index contributed by atoms with van der Waals surface area (Å²) in [4.78, 5) is 37.6. The van der Waals surface area contributed by atoms with Crippen LogP contribution >= 0.6 is 12.2 Å². The molecule has 0 spiro atoms. The number of amides is 3. The Balaban J connectivity index is 1.44. The van der Waals surface area contributed by atoms with Gasteiger partial charge in [-0.1, -0.05) is 57.6 Å². The molecule has 0 radical (unpaired) electrons. The molecule has 0 aliphatic heterocycles. The third kappa shape index (κ3) is 9.17. The summed E-state index contributed by atoms with van der Waals surface area (Å²) in [5.74, 6) is -0.296. The number of hydrogen-bond acceptors (Lipinski definition) is 5. The average molecular weight is 525 g/mol. The lowest BCUT2D eigenvalue weighted by Gasteiger charge is -2.20. The van der Waals surface area contributed by atoms with Gasteiger partial charge in [-0.2, -0.15) is 0 Å². The van der Waals surface area contributed by atoms with E-state index in [1.165, 1.54) is 6.42 Å². The largest absolute Gasteiger partial charge is 0.493 e. The second-order valence-electron chi connectivity index (χ2n) is 9.17. The average Bonchev–Trinajstić information content (AvgIpc) is 2.92. The van der Waals surface area contributed by atoms with Crippen LogP contribution in [0.3, 0.4) is 0 Å². The number of carbonyl (C=O) groups is 3. The first-order valence-electron chi connectivity index (χ1n) is 13.0. The first kappa shape index (κ1) is 28.1. The second-order valence-corrected chi connectivity index (χ2v) is 9.58. The fraction of sp³-hybridized carbons (Fsp3) is 0.429. The fourth-order valence-corrected chi connectivity index (χ4v) is 4.34. The van der Waals surface area contributed by atoms with E-state index in [4.69, 9.17) is 17.0 Å². The fourth-order valence-electron chi connectivity index (χ4n) is 4.19. The zero-order valence-electron chi connectivity index (χ0n) is 21.3. The van der Waals surface area contributed by atoms with Gasteiger partial charge in [0.2, 0.25) is 5.91 Å². The van der Waals surface area contributed by atoms with Crippen LogP contribution in [0.2, 0.25) is 0 Å². The van der Waals surface area contributed by atoms with Crippen LogP contribution in [-0.2, 0) is 4.79 Å². The SMILES string of the molecule is CCCCCCOc1ccccc1C(=O)NC(=S)NNC(=O)c1ccc(NC(=O)C2CCCCC2)cc1. The molecule has 198 valence electrons. The highest BCUT2D eigenvalue weighted by molar-refractivity contribution is 7.80. The zero-order chi connectivity index (χ0) is 26.5. The molecule has 2 aromatic rings. The summed E-state index contributed by atoms with van der Waals surface area (Å²) in [6.45, 7) is 2.68. The molecule has 3 amide bonds. The summed E-state index contributed by atoms with van der Waals surface area (Å²) in [6.07, 6.45) is 9.51. The van der Waals surface area contributed by atoms with Crippen LogP contribution in [0.15, 0.2) is 48.5 Å². The van der Waals surface area contributed by atoms with Crippen LogP contribution in [-0.4, -0.2) is 29.4 Å². The summed E-state index contributed by atoms with van der Waals surface area (Å²) in [5.41, 5.74) is 6.40. The van der Waals surface area contributed by atoms with Crippen molar-refractivity contribution in [3.8, 4) is 5.75 Å². The van der Waals surface area contributed by atoms with Crippen molar-refractivity contribution in [2.24, 2.45) is 5.92 Å². The predicted molar refractivity (Wildman–Crippen MR) is 148 cm³/mol. The van der Waals surface area contributed by atoms with Gasteiger partial charge in [0.05, 0.1) is 12.2 Å². The summed E-state index contributed by atoms with van der Waals surface area (Å²) < 4.78 is 5.79. The predicted octanol–water partition coefficient (Wildman–Crippen LogP) is 5.11. The molecule has 0 aromatic heterocycles. The van der Waals surface area contributed by atoms with Crippen molar-refractivity contribution in [3.63, 3.8) is 0 Å². The third-order valence-corrected chi connectivity index (χ3v) is 6.50. The second kappa shape index (κ2) is 14.9. The van der Waals surface area contributed by atoms with Crippen molar-refractivity contribution in [3.05, 3.63) is 59.7 Å². The Morgan fingerprint density at radius 2 is 1.62 bits per heavy atom. The van der Waals surface area contributed by atoms with E-state index in [1.54, 1.807) is 42.5 Å². The molecule has 0 saturated heterocycles. The van der Waals surface area contributed by atoms with Crippen molar-refractivity contribution in [2.75, 3.05) is 11.9 Å². The van der Waals surface area contributed by atoms with Gasteiger partial charge in [-0.3, -0.25) is 30.6 Å². The molecule has 2 aromatic carbocycles. The number of ether oxygens (including phenoxy) is 1. The molecule has 1 aliphatic rings. The summed E-state index contributed by atoms with van der Waals surface area (Å²) in [6, 6.07) is 13.6. The third-order valence-electron chi connectivity index (χ3n) is 6.29. The van der Waals surface area contributed by atoms with Gasteiger partial charge in [0.15, 0.2) is 5.11 Å². The Bertz CT molecular complexity index is 1070. The standard InChI is InChI=1S/C28H36N4O4S/c1-2-3-4-10-19-36-24-14-9-8-13-23(24)27(35)30-28(37)32-31-26(34)21-15-17-22(18-16-21)29-25(33)20-11-6-5-7-12-20/h8-9,13-18,20H,2-7,10-12,19H2,1H3,(H,29,33)(H,31,34)(H2,30,32,35,37). The summed E-state index contributed by atoms with van der Waals surface area (Å²) in [5, 5.41) is 5.43. The molecule has 1 fully saturated rings. The minimum absolute atomic E-state index is 0.0307. The summed E-state index contributed by atoms with van der Waals surface area (Å²) >= 11 is 5.16. The number of thiocarbonyl (C=S) groups is 1. The molecular weight excluding hydrogens is 488 g/mol. The van der Waals surface area contributed by atoms with E-state index in [1.807, 2.05) is 6.07 Å². The molecule has 3 rings (SSSR count). The molecule has 9 heteroatoms. The summed E-state index contributed by atoms with van der Waals surface area (Å²) in [7, 11) is 0. The molecular formula is C28H36N4O4S. The molecule has 37 heavy (non-hydrogen) atoms. The number of hydrazine groups is 1. The topological polar surface area (TPSA) is 109 Å². The first-order chi connectivity index (χ1) is 18.0.